The van der Waals surface area contributed by atoms with Gasteiger partial charge in [0.15, 0.2) is 0 Å². The first-order valence-corrected chi connectivity index (χ1v) is 3.86. The van der Waals surface area contributed by atoms with Crippen molar-refractivity contribution in [2.45, 2.75) is 27.2 Å². The molecule has 1 atom stereocenters. The minimum atomic E-state index is 0.730. The maximum Gasteiger partial charge on any atom is 0.0421 e. The molecule has 0 fully saturated rings. The Balaban J connectivity index is 2.71. The number of hydrogen-bond acceptors (Lipinski definition) is 1. The van der Waals surface area contributed by atoms with Crippen LogP contribution in [0.2, 0.25) is 0 Å². The highest BCUT2D eigenvalue weighted by atomic mass is 14.7. The zero-order valence-electron chi connectivity index (χ0n) is 7.02. The average molecular weight is 137 g/mol. The Labute approximate surface area is 62.9 Å². The van der Waals surface area contributed by atoms with Crippen molar-refractivity contribution >= 4 is 5.71 Å². The van der Waals surface area contributed by atoms with Crippen LogP contribution in [-0.2, 0) is 0 Å². The molecule has 10 heavy (non-hydrogen) atoms. The van der Waals surface area contributed by atoms with Crippen molar-refractivity contribution < 1.29 is 0 Å². The van der Waals surface area contributed by atoms with Gasteiger partial charge in [0, 0.05) is 12.3 Å². The van der Waals surface area contributed by atoms with Gasteiger partial charge in [0.1, 0.15) is 0 Å². The lowest BCUT2D eigenvalue weighted by atomic mass is 10.0. The van der Waals surface area contributed by atoms with Crippen LogP contribution in [0.15, 0.2) is 16.6 Å². The average Bonchev–Trinajstić information content (AvgIpc) is 1.93. The lowest BCUT2D eigenvalue weighted by Crippen LogP contribution is -1.97. The number of aliphatic imine (C=N–C) groups is 1. The molecule has 0 N–H and O–H groups in total. The first-order valence-electron chi connectivity index (χ1n) is 3.86. The van der Waals surface area contributed by atoms with Gasteiger partial charge in [0.05, 0.1) is 0 Å². The summed E-state index contributed by atoms with van der Waals surface area (Å²) in [5, 5.41) is 0. The molecule has 1 unspecified atom stereocenters. The van der Waals surface area contributed by atoms with Gasteiger partial charge in [0.2, 0.25) is 0 Å². The second kappa shape index (κ2) is 3.00. The summed E-state index contributed by atoms with van der Waals surface area (Å²) in [6, 6.07) is 0. The molecule has 1 nitrogen and oxygen atoms in total. The number of rotatable bonds is 0. The molecular weight excluding hydrogens is 122 g/mol. The van der Waals surface area contributed by atoms with Crippen LogP contribution in [0.1, 0.15) is 27.2 Å². The Morgan fingerprint density at radius 1 is 1.50 bits per heavy atom. The van der Waals surface area contributed by atoms with E-state index in [0.717, 1.165) is 12.5 Å². The highest BCUT2D eigenvalue weighted by molar-refractivity contribution is 5.93. The predicted molar refractivity (Wildman–Crippen MR) is 45.5 cm³/mol. The lowest BCUT2D eigenvalue weighted by molar-refractivity contribution is 0.596. The summed E-state index contributed by atoms with van der Waals surface area (Å²) in [5.74, 6) is 0.730. The summed E-state index contributed by atoms with van der Waals surface area (Å²) in [4.78, 5) is 4.40. The molecule has 0 amide bonds. The van der Waals surface area contributed by atoms with E-state index >= 15 is 0 Å². The zero-order chi connectivity index (χ0) is 7.56. The van der Waals surface area contributed by atoms with Crippen LogP contribution in [0.5, 0.6) is 0 Å². The van der Waals surface area contributed by atoms with Crippen LogP contribution >= 0.6 is 0 Å². The van der Waals surface area contributed by atoms with Crippen molar-refractivity contribution in [2.24, 2.45) is 10.9 Å². The van der Waals surface area contributed by atoms with E-state index in [0.29, 0.717) is 0 Å². The molecule has 0 spiro atoms. The van der Waals surface area contributed by atoms with Crippen LogP contribution in [0.3, 0.4) is 0 Å². The third-order valence-electron chi connectivity index (χ3n) is 1.78. The maximum atomic E-state index is 4.40. The van der Waals surface area contributed by atoms with Gasteiger partial charge < -0.3 is 0 Å². The summed E-state index contributed by atoms with van der Waals surface area (Å²) in [6.07, 6.45) is 3.39. The van der Waals surface area contributed by atoms with Gasteiger partial charge in [-0.05, 0) is 32.3 Å². The van der Waals surface area contributed by atoms with Crippen molar-refractivity contribution in [2.75, 3.05) is 6.54 Å². The second-order valence-electron chi connectivity index (χ2n) is 3.28. The predicted octanol–water partition coefficient (Wildman–Crippen LogP) is 2.43. The fraction of sp³-hybridized carbons (Fsp3) is 0.667. The fourth-order valence-electron chi connectivity index (χ4n) is 1.38. The van der Waals surface area contributed by atoms with Gasteiger partial charge in [-0.2, -0.15) is 0 Å². The van der Waals surface area contributed by atoms with Crippen LogP contribution in [0, 0.1) is 5.92 Å². The molecule has 0 bridgehead atoms. The monoisotopic (exact) mass is 137 g/mol. The summed E-state index contributed by atoms with van der Waals surface area (Å²) in [5.41, 5.74) is 2.65. The highest BCUT2D eigenvalue weighted by Gasteiger charge is 2.05. The molecule has 1 aliphatic heterocycles. The number of nitrogens with zero attached hydrogens (tertiary/aromatic N) is 1. The molecule has 1 heterocycles. The van der Waals surface area contributed by atoms with Crippen LogP contribution in [0.25, 0.3) is 0 Å². The minimum absolute atomic E-state index is 0.730. The molecule has 0 saturated heterocycles. The molecule has 1 aliphatic rings. The lowest BCUT2D eigenvalue weighted by Gasteiger charge is -2.04. The maximum absolute atomic E-state index is 4.40. The third kappa shape index (κ3) is 1.98. The van der Waals surface area contributed by atoms with Gasteiger partial charge in [-0.1, -0.05) is 12.5 Å². The Kier molecular flexibility index (Phi) is 2.25. The van der Waals surface area contributed by atoms with E-state index in [-0.39, 0.29) is 0 Å². The fourth-order valence-corrected chi connectivity index (χ4v) is 1.38. The summed E-state index contributed by atoms with van der Waals surface area (Å²) in [7, 11) is 0. The first-order chi connectivity index (χ1) is 4.68. The normalized spacial score (nSPS) is 26.9. The van der Waals surface area contributed by atoms with Crippen LogP contribution in [0.4, 0.5) is 0 Å². The summed E-state index contributed by atoms with van der Waals surface area (Å²) >= 11 is 0. The van der Waals surface area contributed by atoms with Crippen LogP contribution < -0.4 is 0 Å². The summed E-state index contributed by atoms with van der Waals surface area (Å²) in [6.45, 7) is 7.50. The SMILES string of the molecule is CC1=CC(C)=NCC(C)C1. The molecule has 56 valence electrons. The highest BCUT2D eigenvalue weighted by Crippen LogP contribution is 2.14. The van der Waals surface area contributed by atoms with Gasteiger partial charge in [-0.25, -0.2) is 0 Å². The summed E-state index contributed by atoms with van der Waals surface area (Å²) < 4.78 is 0. The standard InChI is InChI=1S/C9H15N/c1-7-4-8(2)6-10-9(3)5-7/h5,8H,4,6H2,1-3H3. The largest absolute Gasteiger partial charge is 0.290 e. The van der Waals surface area contributed by atoms with Crippen LogP contribution in [-0.4, -0.2) is 12.3 Å². The van der Waals surface area contributed by atoms with E-state index in [4.69, 9.17) is 0 Å². The van der Waals surface area contributed by atoms with E-state index in [9.17, 15) is 0 Å². The first kappa shape index (κ1) is 7.52. The van der Waals surface area contributed by atoms with Gasteiger partial charge in [-0.15, -0.1) is 0 Å². The topological polar surface area (TPSA) is 12.4 Å². The van der Waals surface area contributed by atoms with Gasteiger partial charge >= 0.3 is 0 Å². The molecule has 0 radical (unpaired) electrons. The molecule has 0 aromatic heterocycles. The molecule has 1 rings (SSSR count). The van der Waals surface area contributed by atoms with Crippen molar-refractivity contribution in [3.63, 3.8) is 0 Å². The van der Waals surface area contributed by atoms with Crippen molar-refractivity contribution in [1.29, 1.82) is 0 Å². The molecule has 0 aromatic carbocycles. The quantitative estimate of drug-likeness (QED) is 0.486. The smallest absolute Gasteiger partial charge is 0.0421 e. The third-order valence-corrected chi connectivity index (χ3v) is 1.78. The minimum Gasteiger partial charge on any atom is -0.290 e. The molecule has 0 saturated carbocycles. The zero-order valence-corrected chi connectivity index (χ0v) is 7.02. The Morgan fingerprint density at radius 2 is 2.20 bits per heavy atom. The van der Waals surface area contributed by atoms with E-state index in [1.54, 1.807) is 0 Å². The van der Waals surface area contributed by atoms with Crippen molar-refractivity contribution in [1.82, 2.24) is 0 Å². The van der Waals surface area contributed by atoms with E-state index in [2.05, 4.69) is 31.8 Å². The molecule has 0 aliphatic carbocycles. The van der Waals surface area contributed by atoms with E-state index in [1.165, 1.54) is 17.7 Å². The van der Waals surface area contributed by atoms with E-state index < -0.39 is 0 Å². The van der Waals surface area contributed by atoms with Crippen molar-refractivity contribution in [3.8, 4) is 0 Å². The Hall–Kier alpha value is -0.590. The van der Waals surface area contributed by atoms with Crippen molar-refractivity contribution in [3.05, 3.63) is 11.6 Å². The molecular formula is C9H15N. The second-order valence-corrected chi connectivity index (χ2v) is 3.28. The van der Waals surface area contributed by atoms with Gasteiger partial charge in [-0.3, -0.25) is 4.99 Å². The molecule has 1 heteroatoms. The molecule has 0 aromatic rings. The Morgan fingerprint density at radius 3 is 2.90 bits per heavy atom. The number of allylic oxidation sites excluding steroid dienone is 2. The number of hydrogen-bond donors (Lipinski definition) is 0. The Bertz CT molecular complexity index is 177. The van der Waals surface area contributed by atoms with E-state index in [1.807, 2.05) is 0 Å². The van der Waals surface area contributed by atoms with Gasteiger partial charge in [0.25, 0.3) is 0 Å².